The molecule has 0 bridgehead atoms. The van der Waals surface area contributed by atoms with Gasteiger partial charge in [-0.05, 0) is 25.0 Å². The largest absolute Gasteiger partial charge is 0.480 e. The number of urea groups is 1. The summed E-state index contributed by atoms with van der Waals surface area (Å²) in [5.74, 6) is -1.83. The number of aliphatic carboxylic acids is 1. The Labute approximate surface area is 116 Å². The third-order valence-corrected chi connectivity index (χ3v) is 2.68. The van der Waals surface area contributed by atoms with Gasteiger partial charge in [-0.1, -0.05) is 18.2 Å². The van der Waals surface area contributed by atoms with Gasteiger partial charge in [-0.3, -0.25) is 4.79 Å². The number of aryl methyl sites for hydroxylation is 1. The lowest BCUT2D eigenvalue weighted by Gasteiger charge is -2.15. The normalized spacial score (nSPS) is 11.4. The third kappa shape index (κ3) is 4.97. The zero-order chi connectivity index (χ0) is 15.1. The molecule has 0 radical (unpaired) electrons. The van der Waals surface area contributed by atoms with Crippen LogP contribution in [0.2, 0.25) is 0 Å². The van der Waals surface area contributed by atoms with Crippen molar-refractivity contribution in [2.24, 2.45) is 5.73 Å². The van der Waals surface area contributed by atoms with Crippen molar-refractivity contribution < 1.29 is 19.5 Å². The van der Waals surface area contributed by atoms with Crippen molar-refractivity contribution >= 4 is 23.6 Å². The lowest BCUT2D eigenvalue weighted by atomic mass is 10.1. The minimum absolute atomic E-state index is 0.0497. The van der Waals surface area contributed by atoms with Crippen LogP contribution in [0.3, 0.4) is 0 Å². The zero-order valence-corrected chi connectivity index (χ0v) is 11.1. The van der Waals surface area contributed by atoms with Gasteiger partial charge in [0, 0.05) is 12.1 Å². The number of hydrogen-bond donors (Lipinski definition) is 4. The van der Waals surface area contributed by atoms with Crippen molar-refractivity contribution in [2.75, 3.05) is 5.32 Å². The third-order valence-electron chi connectivity index (χ3n) is 2.68. The topological polar surface area (TPSA) is 122 Å². The molecular weight excluding hydrogens is 262 g/mol. The number of para-hydroxylation sites is 1. The van der Waals surface area contributed by atoms with Gasteiger partial charge in [0.15, 0.2) is 0 Å². The molecule has 3 amide bonds. The smallest absolute Gasteiger partial charge is 0.326 e. The number of carbonyl (C=O) groups excluding carboxylic acids is 2. The van der Waals surface area contributed by atoms with Crippen LogP contribution in [0, 0.1) is 6.92 Å². The number of amides is 3. The lowest BCUT2D eigenvalue weighted by Crippen LogP contribution is -2.43. The second-order valence-electron chi connectivity index (χ2n) is 4.31. The second kappa shape index (κ2) is 7.13. The van der Waals surface area contributed by atoms with Crippen LogP contribution in [0.4, 0.5) is 10.5 Å². The van der Waals surface area contributed by atoms with E-state index in [0.29, 0.717) is 5.69 Å². The van der Waals surface area contributed by atoms with Crippen LogP contribution in [0.1, 0.15) is 18.4 Å². The van der Waals surface area contributed by atoms with E-state index in [4.69, 9.17) is 10.8 Å². The van der Waals surface area contributed by atoms with Gasteiger partial charge in [-0.2, -0.15) is 0 Å². The number of benzene rings is 1. The molecule has 0 fully saturated rings. The number of carboxylic acid groups (broad SMARTS) is 1. The summed E-state index contributed by atoms with van der Waals surface area (Å²) in [5, 5.41) is 13.8. The Balaban J connectivity index is 2.60. The molecule has 108 valence electrons. The van der Waals surface area contributed by atoms with Gasteiger partial charge < -0.3 is 21.5 Å². The molecule has 0 aromatic heterocycles. The number of nitrogens with two attached hydrogens (primary N) is 1. The first-order chi connectivity index (χ1) is 9.40. The second-order valence-corrected chi connectivity index (χ2v) is 4.31. The molecule has 5 N–H and O–H groups in total. The molecule has 20 heavy (non-hydrogen) atoms. The fourth-order valence-electron chi connectivity index (χ4n) is 1.57. The molecule has 0 aliphatic heterocycles. The maximum atomic E-state index is 11.7. The fraction of sp³-hybridized carbons (Fsp3) is 0.308. The predicted octanol–water partition coefficient (Wildman–Crippen LogP) is 0.835. The van der Waals surface area contributed by atoms with Crippen molar-refractivity contribution in [1.82, 2.24) is 5.32 Å². The zero-order valence-electron chi connectivity index (χ0n) is 11.1. The van der Waals surface area contributed by atoms with Gasteiger partial charge in [-0.25, -0.2) is 9.59 Å². The maximum absolute atomic E-state index is 11.7. The van der Waals surface area contributed by atoms with E-state index in [0.717, 1.165) is 5.56 Å². The highest BCUT2D eigenvalue weighted by molar-refractivity contribution is 5.93. The molecule has 0 saturated carbocycles. The SMILES string of the molecule is Cc1ccccc1NC(=O)N[C@@H](CCC(N)=O)C(=O)O. The summed E-state index contributed by atoms with van der Waals surface area (Å²) < 4.78 is 0. The van der Waals surface area contributed by atoms with Crippen LogP contribution in [0.25, 0.3) is 0 Å². The number of anilines is 1. The van der Waals surface area contributed by atoms with Crippen LogP contribution in [0.15, 0.2) is 24.3 Å². The van der Waals surface area contributed by atoms with Gasteiger partial charge in [0.25, 0.3) is 0 Å². The molecule has 0 aliphatic rings. The van der Waals surface area contributed by atoms with Gasteiger partial charge in [-0.15, -0.1) is 0 Å². The molecule has 7 nitrogen and oxygen atoms in total. The molecule has 1 aromatic rings. The molecule has 0 aliphatic carbocycles. The Bertz CT molecular complexity index is 516. The Morgan fingerprint density at radius 1 is 1.30 bits per heavy atom. The Hall–Kier alpha value is -2.57. The summed E-state index contributed by atoms with van der Waals surface area (Å²) in [5.41, 5.74) is 6.40. The molecule has 7 heteroatoms. The molecule has 0 unspecified atom stereocenters. The van der Waals surface area contributed by atoms with Crippen LogP contribution in [0.5, 0.6) is 0 Å². The molecule has 1 atom stereocenters. The molecule has 0 saturated heterocycles. The average molecular weight is 279 g/mol. The van der Waals surface area contributed by atoms with Crippen LogP contribution < -0.4 is 16.4 Å². The summed E-state index contributed by atoms with van der Waals surface area (Å²) in [6.07, 6.45) is -0.159. The molecular formula is C13H17N3O4. The first-order valence-electron chi connectivity index (χ1n) is 6.04. The van der Waals surface area contributed by atoms with Crippen molar-refractivity contribution in [3.63, 3.8) is 0 Å². The lowest BCUT2D eigenvalue weighted by molar-refractivity contribution is -0.139. The van der Waals surface area contributed by atoms with E-state index in [1.165, 1.54) is 0 Å². The summed E-state index contributed by atoms with van der Waals surface area (Å²) in [6, 6.07) is 5.30. The van der Waals surface area contributed by atoms with E-state index in [9.17, 15) is 14.4 Å². The first-order valence-corrected chi connectivity index (χ1v) is 6.04. The van der Waals surface area contributed by atoms with Crippen molar-refractivity contribution in [2.45, 2.75) is 25.8 Å². The maximum Gasteiger partial charge on any atom is 0.326 e. The van der Waals surface area contributed by atoms with Crippen molar-refractivity contribution in [3.05, 3.63) is 29.8 Å². The quantitative estimate of drug-likeness (QED) is 0.616. The van der Waals surface area contributed by atoms with Gasteiger partial charge in [0.2, 0.25) is 5.91 Å². The van der Waals surface area contributed by atoms with E-state index >= 15 is 0 Å². The Kier molecular flexibility index (Phi) is 5.52. The summed E-state index contributed by atoms with van der Waals surface area (Å²) in [6.45, 7) is 1.82. The summed E-state index contributed by atoms with van der Waals surface area (Å²) >= 11 is 0. The Morgan fingerprint density at radius 3 is 2.50 bits per heavy atom. The van der Waals surface area contributed by atoms with E-state index in [1.807, 2.05) is 19.1 Å². The summed E-state index contributed by atoms with van der Waals surface area (Å²) in [7, 11) is 0. The number of rotatable bonds is 6. The van der Waals surface area contributed by atoms with Gasteiger partial charge in [0.1, 0.15) is 6.04 Å². The van der Waals surface area contributed by atoms with Crippen molar-refractivity contribution in [3.8, 4) is 0 Å². The highest BCUT2D eigenvalue weighted by Gasteiger charge is 2.20. The Morgan fingerprint density at radius 2 is 1.95 bits per heavy atom. The molecule has 0 spiro atoms. The standard InChI is InChI=1S/C13H17N3O4/c1-8-4-2-3-5-9(8)15-13(20)16-10(12(18)19)6-7-11(14)17/h2-5,10H,6-7H2,1H3,(H2,14,17)(H,18,19)(H2,15,16,20)/t10-/m0/s1. The van der Waals surface area contributed by atoms with E-state index in [1.54, 1.807) is 12.1 Å². The van der Waals surface area contributed by atoms with E-state index in [2.05, 4.69) is 10.6 Å². The average Bonchev–Trinajstić information content (AvgIpc) is 2.36. The van der Waals surface area contributed by atoms with Crippen LogP contribution >= 0.6 is 0 Å². The van der Waals surface area contributed by atoms with Crippen LogP contribution in [-0.2, 0) is 9.59 Å². The summed E-state index contributed by atoms with van der Waals surface area (Å²) in [4.78, 5) is 33.3. The van der Waals surface area contributed by atoms with Crippen molar-refractivity contribution in [1.29, 1.82) is 0 Å². The number of carbonyl (C=O) groups is 3. The highest BCUT2D eigenvalue weighted by atomic mass is 16.4. The number of hydrogen-bond acceptors (Lipinski definition) is 3. The fourth-order valence-corrected chi connectivity index (χ4v) is 1.57. The molecule has 1 aromatic carbocycles. The monoisotopic (exact) mass is 279 g/mol. The first kappa shape index (κ1) is 15.5. The van der Waals surface area contributed by atoms with Gasteiger partial charge in [0.05, 0.1) is 0 Å². The predicted molar refractivity (Wildman–Crippen MR) is 73.2 cm³/mol. The molecule has 0 heterocycles. The van der Waals surface area contributed by atoms with E-state index < -0.39 is 23.9 Å². The van der Waals surface area contributed by atoms with Gasteiger partial charge >= 0.3 is 12.0 Å². The number of carboxylic acids is 1. The van der Waals surface area contributed by atoms with E-state index in [-0.39, 0.29) is 12.8 Å². The number of primary amides is 1. The number of nitrogens with one attached hydrogen (secondary N) is 2. The minimum Gasteiger partial charge on any atom is -0.480 e. The minimum atomic E-state index is -1.22. The van der Waals surface area contributed by atoms with Crippen LogP contribution in [-0.4, -0.2) is 29.1 Å². The molecule has 1 rings (SSSR count). The highest BCUT2D eigenvalue weighted by Crippen LogP contribution is 2.12.